The van der Waals surface area contributed by atoms with E-state index in [9.17, 15) is 17.6 Å². The van der Waals surface area contributed by atoms with E-state index in [1.807, 2.05) is 0 Å². The first kappa shape index (κ1) is 22.0. The van der Waals surface area contributed by atoms with Crippen molar-refractivity contribution >= 4 is 0 Å². The lowest BCUT2D eigenvalue weighted by atomic mass is 9.77. The third-order valence-corrected chi connectivity index (χ3v) is 5.75. The molecule has 1 nitrogen and oxygen atoms in total. The Bertz CT molecular complexity index is 548. The average Bonchev–Trinajstić information content (AvgIpc) is 2.62. The molecule has 0 unspecified atom stereocenters. The van der Waals surface area contributed by atoms with Crippen LogP contribution in [0.5, 0.6) is 5.75 Å². The first-order chi connectivity index (χ1) is 12.9. The summed E-state index contributed by atoms with van der Waals surface area (Å²) < 4.78 is 54.0. The number of hydrogen-bond acceptors (Lipinski definition) is 1. The highest BCUT2D eigenvalue weighted by molar-refractivity contribution is 5.29. The maximum absolute atomic E-state index is 13.8. The molecule has 0 amide bonds. The molecule has 0 N–H and O–H groups in total. The summed E-state index contributed by atoms with van der Waals surface area (Å²) in [7, 11) is 0. The van der Waals surface area contributed by atoms with Gasteiger partial charge >= 0.3 is 6.36 Å². The number of alkyl halides is 3. The van der Waals surface area contributed by atoms with Crippen molar-refractivity contribution < 1.29 is 22.3 Å². The summed E-state index contributed by atoms with van der Waals surface area (Å²) in [6.45, 7) is 2.24. The van der Waals surface area contributed by atoms with Gasteiger partial charge in [-0.1, -0.05) is 77.2 Å². The Balaban J connectivity index is 1.67. The number of rotatable bonds is 10. The number of aryl methyl sites for hydroxylation is 1. The first-order valence-electron chi connectivity index (χ1n) is 10.4. The second-order valence-corrected chi connectivity index (χ2v) is 7.94. The zero-order chi connectivity index (χ0) is 19.7. The average molecular weight is 388 g/mol. The third-order valence-electron chi connectivity index (χ3n) is 5.75. The molecule has 0 bridgehead atoms. The predicted molar refractivity (Wildman–Crippen MR) is 100 cm³/mol. The van der Waals surface area contributed by atoms with Gasteiger partial charge < -0.3 is 4.74 Å². The summed E-state index contributed by atoms with van der Waals surface area (Å²) in [4.78, 5) is 0. The molecule has 27 heavy (non-hydrogen) atoms. The minimum atomic E-state index is -4.86. The molecule has 1 aliphatic rings. The Labute approximate surface area is 160 Å². The lowest BCUT2D eigenvalue weighted by Gasteiger charge is -2.28. The van der Waals surface area contributed by atoms with Crippen molar-refractivity contribution in [1.82, 2.24) is 0 Å². The van der Waals surface area contributed by atoms with Crippen molar-refractivity contribution in [2.75, 3.05) is 0 Å². The summed E-state index contributed by atoms with van der Waals surface area (Å²) in [5.74, 6) is -0.197. The van der Waals surface area contributed by atoms with Crippen molar-refractivity contribution in [2.24, 2.45) is 11.8 Å². The Morgan fingerprint density at radius 1 is 0.926 bits per heavy atom. The van der Waals surface area contributed by atoms with Crippen LogP contribution in [0.25, 0.3) is 0 Å². The van der Waals surface area contributed by atoms with Gasteiger partial charge in [-0.15, -0.1) is 13.2 Å². The topological polar surface area (TPSA) is 9.23 Å². The molecule has 1 aromatic carbocycles. The second kappa shape index (κ2) is 10.9. The smallest absolute Gasteiger partial charge is 0.403 e. The number of hydrogen-bond donors (Lipinski definition) is 0. The van der Waals surface area contributed by atoms with Gasteiger partial charge in [0, 0.05) is 0 Å². The molecule has 1 saturated carbocycles. The number of ether oxygens (including phenoxy) is 1. The lowest BCUT2D eigenvalue weighted by Crippen LogP contribution is -2.18. The van der Waals surface area contributed by atoms with E-state index < -0.39 is 17.9 Å². The van der Waals surface area contributed by atoms with E-state index in [-0.39, 0.29) is 0 Å². The van der Waals surface area contributed by atoms with Crippen LogP contribution < -0.4 is 4.74 Å². The summed E-state index contributed by atoms with van der Waals surface area (Å²) in [5, 5.41) is 0. The minimum absolute atomic E-state index is 0.649. The Kier molecular flexibility index (Phi) is 8.91. The van der Waals surface area contributed by atoms with E-state index in [0.29, 0.717) is 12.3 Å². The summed E-state index contributed by atoms with van der Waals surface area (Å²) in [6.07, 6.45) is 9.86. The van der Waals surface area contributed by atoms with E-state index in [1.54, 1.807) is 0 Å². The maximum Gasteiger partial charge on any atom is 0.573 e. The first-order valence-corrected chi connectivity index (χ1v) is 10.4. The molecule has 0 radical (unpaired) electrons. The van der Waals surface area contributed by atoms with Crippen molar-refractivity contribution in [1.29, 1.82) is 0 Å². The largest absolute Gasteiger partial charge is 0.573 e. The molecule has 0 aromatic heterocycles. The molecule has 2 rings (SSSR count). The van der Waals surface area contributed by atoms with Crippen molar-refractivity contribution in [3.63, 3.8) is 0 Å². The van der Waals surface area contributed by atoms with E-state index in [1.165, 1.54) is 76.3 Å². The van der Waals surface area contributed by atoms with Gasteiger partial charge in [0.25, 0.3) is 0 Å². The molecule has 1 aromatic rings. The van der Waals surface area contributed by atoms with Gasteiger partial charge in [0.1, 0.15) is 0 Å². The van der Waals surface area contributed by atoms with Crippen LogP contribution in [-0.4, -0.2) is 6.36 Å². The summed E-state index contributed by atoms with van der Waals surface area (Å²) in [6, 6.07) is 3.78. The van der Waals surface area contributed by atoms with E-state index in [4.69, 9.17) is 0 Å². The lowest BCUT2D eigenvalue weighted by molar-refractivity contribution is -0.275. The normalized spacial score (nSPS) is 20.6. The Morgan fingerprint density at radius 2 is 1.56 bits per heavy atom. The molecule has 0 spiro atoms. The standard InChI is InChI=1S/C22H32F4O/c1-2-3-4-5-6-7-17-8-10-18(11-9-17)12-13-19-14-15-21(20(23)16-19)27-22(24,25)26/h14-18H,2-13H2,1H3. The van der Waals surface area contributed by atoms with Crippen LogP contribution in [0.1, 0.15) is 83.1 Å². The molecule has 0 atom stereocenters. The van der Waals surface area contributed by atoms with Crippen LogP contribution >= 0.6 is 0 Å². The minimum Gasteiger partial charge on any atom is -0.403 e. The van der Waals surface area contributed by atoms with Gasteiger partial charge in [-0.3, -0.25) is 0 Å². The van der Waals surface area contributed by atoms with Gasteiger partial charge in [-0.25, -0.2) is 4.39 Å². The maximum atomic E-state index is 13.8. The zero-order valence-corrected chi connectivity index (χ0v) is 16.3. The van der Waals surface area contributed by atoms with Crippen LogP contribution in [0.3, 0.4) is 0 Å². The van der Waals surface area contributed by atoms with Crippen molar-refractivity contribution in [2.45, 2.75) is 90.3 Å². The SMILES string of the molecule is CCCCCCCC1CCC(CCc2ccc(OC(F)(F)F)c(F)c2)CC1. The highest BCUT2D eigenvalue weighted by Gasteiger charge is 2.32. The van der Waals surface area contributed by atoms with E-state index >= 15 is 0 Å². The molecular formula is C22H32F4O. The van der Waals surface area contributed by atoms with Gasteiger partial charge in [-0.05, 0) is 42.4 Å². The number of benzene rings is 1. The predicted octanol–water partition coefficient (Wildman–Crippen LogP) is 7.82. The molecule has 0 saturated heterocycles. The fourth-order valence-electron chi connectivity index (χ4n) is 4.12. The molecular weight excluding hydrogens is 356 g/mol. The van der Waals surface area contributed by atoms with Gasteiger partial charge in [0.2, 0.25) is 0 Å². The van der Waals surface area contributed by atoms with Crippen LogP contribution in [0.2, 0.25) is 0 Å². The Hall–Kier alpha value is -1.26. The molecule has 0 aliphatic heterocycles. The van der Waals surface area contributed by atoms with Crippen LogP contribution in [0.4, 0.5) is 17.6 Å². The summed E-state index contributed by atoms with van der Waals surface area (Å²) in [5.41, 5.74) is 0.736. The monoisotopic (exact) mass is 388 g/mol. The van der Waals surface area contributed by atoms with E-state index in [2.05, 4.69) is 11.7 Å². The fraction of sp³-hybridized carbons (Fsp3) is 0.727. The summed E-state index contributed by atoms with van der Waals surface area (Å²) >= 11 is 0. The highest BCUT2D eigenvalue weighted by atomic mass is 19.4. The van der Waals surface area contributed by atoms with Gasteiger partial charge in [0.05, 0.1) is 0 Å². The highest BCUT2D eigenvalue weighted by Crippen LogP contribution is 2.34. The van der Waals surface area contributed by atoms with Crippen molar-refractivity contribution in [3.05, 3.63) is 29.6 Å². The number of halogens is 4. The quantitative estimate of drug-likeness (QED) is 0.293. The van der Waals surface area contributed by atoms with Crippen LogP contribution in [0.15, 0.2) is 18.2 Å². The Morgan fingerprint density at radius 3 is 2.15 bits per heavy atom. The second-order valence-electron chi connectivity index (χ2n) is 7.94. The van der Waals surface area contributed by atoms with Gasteiger partial charge in [-0.2, -0.15) is 0 Å². The molecule has 5 heteroatoms. The molecule has 1 fully saturated rings. The van der Waals surface area contributed by atoms with Crippen molar-refractivity contribution in [3.8, 4) is 5.75 Å². The molecule has 1 aliphatic carbocycles. The third kappa shape index (κ3) is 8.52. The zero-order valence-electron chi connectivity index (χ0n) is 16.3. The molecule has 0 heterocycles. The van der Waals surface area contributed by atoms with E-state index in [0.717, 1.165) is 24.0 Å². The van der Waals surface area contributed by atoms with Crippen LogP contribution in [-0.2, 0) is 6.42 Å². The molecule has 154 valence electrons. The fourth-order valence-corrected chi connectivity index (χ4v) is 4.12. The van der Waals surface area contributed by atoms with Crippen LogP contribution in [0, 0.1) is 17.7 Å². The van der Waals surface area contributed by atoms with Gasteiger partial charge in [0.15, 0.2) is 11.6 Å². The number of unbranched alkanes of at least 4 members (excludes halogenated alkanes) is 4.